The molecule has 19 heavy (non-hydrogen) atoms. The number of hydrogen-bond donors (Lipinski definition) is 2. The summed E-state index contributed by atoms with van der Waals surface area (Å²) in [5, 5.41) is 11.2. The molecule has 1 aliphatic heterocycles. The molecular weight excluding hydrogens is 274 g/mol. The van der Waals surface area contributed by atoms with Crippen LogP contribution in [0, 0.1) is 5.92 Å². The Labute approximate surface area is 112 Å². The molecule has 1 fully saturated rings. The van der Waals surface area contributed by atoms with Gasteiger partial charge in [-0.3, -0.25) is 9.59 Å². The van der Waals surface area contributed by atoms with Crippen molar-refractivity contribution in [3.63, 3.8) is 0 Å². The summed E-state index contributed by atoms with van der Waals surface area (Å²) in [6.07, 6.45) is -0.465. The third-order valence-corrected chi connectivity index (χ3v) is 4.68. The highest BCUT2D eigenvalue weighted by molar-refractivity contribution is 7.91. The van der Waals surface area contributed by atoms with Crippen LogP contribution in [0.2, 0.25) is 0 Å². The third-order valence-electron chi connectivity index (χ3n) is 2.91. The summed E-state index contributed by atoms with van der Waals surface area (Å²) in [5.74, 6) is -1.98. The highest BCUT2D eigenvalue weighted by Gasteiger charge is 2.33. The Bertz CT molecular complexity index is 432. The normalized spacial score (nSPS) is 22.9. The van der Waals surface area contributed by atoms with E-state index in [0.717, 1.165) is 0 Å². The van der Waals surface area contributed by atoms with E-state index in [-0.39, 0.29) is 30.4 Å². The first-order valence-electron chi connectivity index (χ1n) is 6.15. The number of carboxylic acid groups (broad SMARTS) is 1. The van der Waals surface area contributed by atoms with Crippen molar-refractivity contribution in [2.45, 2.75) is 25.9 Å². The second-order valence-corrected chi connectivity index (χ2v) is 6.75. The lowest BCUT2D eigenvalue weighted by atomic mass is 10.1. The second kappa shape index (κ2) is 6.85. The summed E-state index contributed by atoms with van der Waals surface area (Å²) in [7, 11) is -3.09. The van der Waals surface area contributed by atoms with Gasteiger partial charge >= 0.3 is 5.97 Å². The summed E-state index contributed by atoms with van der Waals surface area (Å²) >= 11 is 0. The maximum atomic E-state index is 11.7. The molecule has 0 saturated carbocycles. The minimum atomic E-state index is -3.09. The lowest BCUT2D eigenvalue weighted by Gasteiger charge is -2.17. The van der Waals surface area contributed by atoms with Gasteiger partial charge in [0, 0.05) is 13.2 Å². The van der Waals surface area contributed by atoms with Gasteiger partial charge in [-0.2, -0.15) is 0 Å². The molecule has 1 heterocycles. The molecule has 0 aromatic rings. The van der Waals surface area contributed by atoms with Gasteiger partial charge in [0.25, 0.3) is 0 Å². The van der Waals surface area contributed by atoms with E-state index < -0.39 is 27.8 Å². The maximum Gasteiger partial charge on any atom is 0.306 e. The molecule has 0 aromatic carbocycles. The van der Waals surface area contributed by atoms with Crippen LogP contribution >= 0.6 is 0 Å². The van der Waals surface area contributed by atoms with Crippen molar-refractivity contribution in [1.82, 2.24) is 5.32 Å². The van der Waals surface area contributed by atoms with Crippen LogP contribution in [0.25, 0.3) is 0 Å². The fourth-order valence-electron chi connectivity index (χ4n) is 1.98. The molecule has 2 atom stereocenters. The van der Waals surface area contributed by atoms with Crippen LogP contribution in [0.3, 0.4) is 0 Å². The number of carbonyl (C=O) groups is 2. The Hall–Kier alpha value is -1.15. The topological polar surface area (TPSA) is 110 Å². The van der Waals surface area contributed by atoms with Crippen molar-refractivity contribution in [3.05, 3.63) is 0 Å². The number of aliphatic carboxylic acids is 1. The second-order valence-electron chi connectivity index (χ2n) is 4.52. The summed E-state index contributed by atoms with van der Waals surface area (Å²) in [4.78, 5) is 22.3. The van der Waals surface area contributed by atoms with Crippen molar-refractivity contribution in [2.75, 3.05) is 24.7 Å². The highest BCUT2D eigenvalue weighted by atomic mass is 32.2. The van der Waals surface area contributed by atoms with Gasteiger partial charge in [-0.05, 0) is 13.3 Å². The van der Waals surface area contributed by atoms with Crippen LogP contribution in [0.5, 0.6) is 0 Å². The zero-order valence-corrected chi connectivity index (χ0v) is 11.6. The molecule has 2 N–H and O–H groups in total. The van der Waals surface area contributed by atoms with E-state index >= 15 is 0 Å². The van der Waals surface area contributed by atoms with E-state index in [4.69, 9.17) is 9.84 Å². The molecule has 0 aliphatic carbocycles. The Morgan fingerprint density at radius 1 is 1.47 bits per heavy atom. The van der Waals surface area contributed by atoms with E-state index in [9.17, 15) is 18.0 Å². The van der Waals surface area contributed by atoms with Gasteiger partial charge in [-0.1, -0.05) is 0 Å². The van der Waals surface area contributed by atoms with Crippen LogP contribution in [-0.2, 0) is 24.2 Å². The zero-order chi connectivity index (χ0) is 14.5. The average molecular weight is 293 g/mol. The molecule has 1 amide bonds. The van der Waals surface area contributed by atoms with E-state index in [1.807, 2.05) is 0 Å². The zero-order valence-electron chi connectivity index (χ0n) is 10.8. The van der Waals surface area contributed by atoms with Gasteiger partial charge in [0.2, 0.25) is 5.91 Å². The first-order valence-corrected chi connectivity index (χ1v) is 7.97. The van der Waals surface area contributed by atoms with Gasteiger partial charge in [0.15, 0.2) is 9.84 Å². The van der Waals surface area contributed by atoms with Crippen LogP contribution in [0.4, 0.5) is 0 Å². The van der Waals surface area contributed by atoms with Gasteiger partial charge < -0.3 is 15.2 Å². The fourth-order valence-corrected chi connectivity index (χ4v) is 3.72. The number of amides is 1. The first kappa shape index (κ1) is 15.9. The quantitative estimate of drug-likeness (QED) is 0.649. The maximum absolute atomic E-state index is 11.7. The number of hydrogen-bond acceptors (Lipinski definition) is 5. The Morgan fingerprint density at radius 3 is 2.63 bits per heavy atom. The molecule has 8 heteroatoms. The first-order chi connectivity index (χ1) is 8.84. The van der Waals surface area contributed by atoms with Crippen molar-refractivity contribution >= 4 is 21.7 Å². The van der Waals surface area contributed by atoms with Gasteiger partial charge in [0.1, 0.15) is 0 Å². The number of ether oxygens (including phenoxy) is 1. The molecule has 0 bridgehead atoms. The van der Waals surface area contributed by atoms with Crippen LogP contribution < -0.4 is 5.32 Å². The van der Waals surface area contributed by atoms with Crippen LogP contribution in [-0.4, -0.2) is 56.2 Å². The van der Waals surface area contributed by atoms with Crippen LogP contribution in [0.15, 0.2) is 0 Å². The molecule has 2 unspecified atom stereocenters. The third kappa shape index (κ3) is 5.56. The Balaban J connectivity index is 2.41. The molecule has 1 saturated heterocycles. The summed E-state index contributed by atoms with van der Waals surface area (Å²) in [6, 6.07) is 0. The Kier molecular flexibility index (Phi) is 5.74. The van der Waals surface area contributed by atoms with Crippen molar-refractivity contribution in [2.24, 2.45) is 5.92 Å². The minimum absolute atomic E-state index is 0.0368. The number of carboxylic acids is 1. The van der Waals surface area contributed by atoms with Crippen molar-refractivity contribution < 1.29 is 27.9 Å². The number of rotatable bonds is 7. The van der Waals surface area contributed by atoms with Gasteiger partial charge in [-0.25, -0.2) is 8.42 Å². The lowest BCUT2D eigenvalue weighted by molar-refractivity contribution is -0.140. The fraction of sp³-hybridized carbons (Fsp3) is 0.818. The van der Waals surface area contributed by atoms with E-state index in [0.29, 0.717) is 13.0 Å². The standard InChI is InChI=1S/C11H19NO6S/c1-2-18-9(5-10(13)14)6-12-11(15)8-3-4-19(16,17)7-8/h8-9H,2-7H2,1H3,(H,12,15)(H,13,14). The van der Waals surface area contributed by atoms with E-state index in [2.05, 4.69) is 5.32 Å². The monoisotopic (exact) mass is 293 g/mol. The Morgan fingerprint density at radius 2 is 2.16 bits per heavy atom. The largest absolute Gasteiger partial charge is 0.481 e. The van der Waals surface area contributed by atoms with Crippen molar-refractivity contribution in [1.29, 1.82) is 0 Å². The predicted octanol–water partition coefficient (Wildman–Crippen LogP) is -0.583. The average Bonchev–Trinajstić information content (AvgIpc) is 2.66. The number of carbonyl (C=O) groups excluding carboxylic acids is 1. The van der Waals surface area contributed by atoms with Crippen molar-refractivity contribution in [3.8, 4) is 0 Å². The minimum Gasteiger partial charge on any atom is -0.481 e. The molecule has 1 rings (SSSR count). The SMILES string of the molecule is CCOC(CNC(=O)C1CCS(=O)(=O)C1)CC(=O)O. The molecule has 110 valence electrons. The number of nitrogens with one attached hydrogen (secondary N) is 1. The lowest BCUT2D eigenvalue weighted by Crippen LogP contribution is -2.38. The summed E-state index contributed by atoms with van der Waals surface area (Å²) in [6.45, 7) is 2.17. The van der Waals surface area contributed by atoms with Gasteiger partial charge in [-0.15, -0.1) is 0 Å². The summed E-state index contributed by atoms with van der Waals surface area (Å²) < 4.78 is 27.7. The molecule has 0 radical (unpaired) electrons. The predicted molar refractivity (Wildman–Crippen MR) is 67.4 cm³/mol. The smallest absolute Gasteiger partial charge is 0.306 e. The molecule has 0 aromatic heterocycles. The molecule has 7 nitrogen and oxygen atoms in total. The van der Waals surface area contributed by atoms with E-state index in [1.165, 1.54) is 0 Å². The molecular formula is C11H19NO6S. The van der Waals surface area contributed by atoms with E-state index in [1.54, 1.807) is 6.92 Å². The van der Waals surface area contributed by atoms with Crippen LogP contribution in [0.1, 0.15) is 19.8 Å². The summed E-state index contributed by atoms with van der Waals surface area (Å²) in [5.41, 5.74) is 0. The number of sulfone groups is 1. The molecule has 0 spiro atoms. The highest BCUT2D eigenvalue weighted by Crippen LogP contribution is 2.18. The molecule has 1 aliphatic rings. The van der Waals surface area contributed by atoms with Gasteiger partial charge in [0.05, 0.1) is 29.9 Å².